The van der Waals surface area contributed by atoms with E-state index in [2.05, 4.69) is 25.6 Å². The van der Waals surface area contributed by atoms with Gasteiger partial charge in [-0.2, -0.15) is 0 Å². The molecular weight excluding hydrogens is 411 g/mol. The summed E-state index contributed by atoms with van der Waals surface area (Å²) in [5, 5.41) is 6.78. The Hall–Kier alpha value is -3.42. The highest BCUT2D eigenvalue weighted by Crippen LogP contribution is 2.23. The molecule has 0 saturated carbocycles. The van der Waals surface area contributed by atoms with Crippen LogP contribution in [-0.2, 0) is 0 Å². The molecule has 0 unspecified atom stereocenters. The maximum absolute atomic E-state index is 12.4. The van der Waals surface area contributed by atoms with Crippen molar-refractivity contribution in [1.82, 2.24) is 19.5 Å². The minimum Gasteiger partial charge on any atom is -0.340 e. The number of carbonyl (C=O) groups is 1. The Morgan fingerprint density at radius 3 is 2.48 bits per heavy atom. The number of amides is 1. The molecule has 0 radical (unpaired) electrons. The van der Waals surface area contributed by atoms with Gasteiger partial charge in [-0.15, -0.1) is 0 Å². The van der Waals surface area contributed by atoms with Crippen LogP contribution in [0.1, 0.15) is 10.4 Å². The lowest BCUT2D eigenvalue weighted by Crippen LogP contribution is -2.12. The van der Waals surface area contributed by atoms with Gasteiger partial charge >= 0.3 is 0 Å². The Labute approximate surface area is 176 Å². The lowest BCUT2D eigenvalue weighted by molar-refractivity contribution is 0.102. The van der Waals surface area contributed by atoms with Crippen molar-refractivity contribution in [3.63, 3.8) is 0 Å². The quantitative estimate of drug-likeness (QED) is 0.472. The Bertz CT molecular complexity index is 1150. The van der Waals surface area contributed by atoms with Crippen molar-refractivity contribution in [2.75, 3.05) is 10.6 Å². The van der Waals surface area contributed by atoms with E-state index in [9.17, 15) is 4.79 Å². The molecule has 29 heavy (non-hydrogen) atoms. The maximum atomic E-state index is 12.4. The van der Waals surface area contributed by atoms with Gasteiger partial charge in [0, 0.05) is 34.9 Å². The predicted octanol–water partition coefficient (Wildman–Crippen LogP) is 4.97. The lowest BCUT2D eigenvalue weighted by Gasteiger charge is -2.10. The molecule has 9 heteroatoms. The minimum atomic E-state index is -0.312. The monoisotopic (exact) mass is 424 g/mol. The average molecular weight is 425 g/mol. The third-order valence-electron chi connectivity index (χ3n) is 4.01. The summed E-state index contributed by atoms with van der Waals surface area (Å²) >= 11 is 12.0. The fraction of sp³-hybridized carbons (Fsp3) is 0. The van der Waals surface area contributed by atoms with Crippen molar-refractivity contribution in [2.24, 2.45) is 0 Å². The number of carbonyl (C=O) groups excluding carboxylic acids is 1. The van der Waals surface area contributed by atoms with Crippen LogP contribution in [0.15, 0.2) is 73.6 Å². The molecule has 0 aliphatic carbocycles. The summed E-state index contributed by atoms with van der Waals surface area (Å²) in [6, 6.07) is 13.8. The summed E-state index contributed by atoms with van der Waals surface area (Å²) in [4.78, 5) is 24.8. The molecule has 2 heterocycles. The highest BCUT2D eigenvalue weighted by molar-refractivity contribution is 6.37. The molecule has 0 aliphatic heterocycles. The fourth-order valence-corrected chi connectivity index (χ4v) is 3.10. The van der Waals surface area contributed by atoms with Gasteiger partial charge in [0.15, 0.2) is 0 Å². The largest absolute Gasteiger partial charge is 0.340 e. The number of halogens is 2. The standard InChI is InChI=1S/C20H14Cl2N6O/c21-13-1-6-16(17(22)9-13)20(29)27-15-4-2-14(3-5-15)26-18-10-19(25-11-24-18)28-8-7-23-12-28/h1-12H,(H,27,29)(H,24,25,26). The molecule has 1 amide bonds. The Kier molecular flexibility index (Phi) is 5.41. The van der Waals surface area contributed by atoms with E-state index in [1.54, 1.807) is 53.6 Å². The van der Waals surface area contributed by atoms with Crippen molar-refractivity contribution >= 4 is 46.3 Å². The molecule has 0 fully saturated rings. The van der Waals surface area contributed by atoms with Crippen molar-refractivity contribution < 1.29 is 4.79 Å². The first-order valence-corrected chi connectivity index (χ1v) is 9.28. The lowest BCUT2D eigenvalue weighted by atomic mass is 10.2. The van der Waals surface area contributed by atoms with E-state index in [0.717, 1.165) is 5.69 Å². The molecule has 2 aromatic heterocycles. The molecule has 0 spiro atoms. The number of rotatable bonds is 5. The third-order valence-corrected chi connectivity index (χ3v) is 4.56. The molecule has 144 valence electrons. The van der Waals surface area contributed by atoms with Gasteiger partial charge in [-0.3, -0.25) is 9.36 Å². The van der Waals surface area contributed by atoms with Crippen LogP contribution in [0.25, 0.3) is 5.82 Å². The number of hydrogen-bond acceptors (Lipinski definition) is 5. The zero-order chi connectivity index (χ0) is 20.2. The molecule has 4 rings (SSSR count). The summed E-state index contributed by atoms with van der Waals surface area (Å²) in [6.07, 6.45) is 6.62. The predicted molar refractivity (Wildman–Crippen MR) is 113 cm³/mol. The molecule has 0 saturated heterocycles. The van der Waals surface area contributed by atoms with Crippen molar-refractivity contribution in [3.05, 3.63) is 89.2 Å². The zero-order valence-corrected chi connectivity index (χ0v) is 16.4. The summed E-state index contributed by atoms with van der Waals surface area (Å²) in [5.74, 6) is 1.02. The smallest absolute Gasteiger partial charge is 0.257 e. The van der Waals surface area contributed by atoms with Crippen molar-refractivity contribution in [1.29, 1.82) is 0 Å². The highest BCUT2D eigenvalue weighted by atomic mass is 35.5. The van der Waals surface area contributed by atoms with Crippen LogP contribution in [0.3, 0.4) is 0 Å². The normalized spacial score (nSPS) is 10.6. The van der Waals surface area contributed by atoms with Crippen LogP contribution < -0.4 is 10.6 Å². The van der Waals surface area contributed by atoms with E-state index in [0.29, 0.717) is 32.9 Å². The molecule has 0 atom stereocenters. The van der Waals surface area contributed by atoms with Crippen molar-refractivity contribution in [3.8, 4) is 5.82 Å². The topological polar surface area (TPSA) is 84.7 Å². The van der Waals surface area contributed by atoms with Crippen LogP contribution in [0.5, 0.6) is 0 Å². The number of anilines is 3. The van der Waals surface area contributed by atoms with Crippen molar-refractivity contribution in [2.45, 2.75) is 0 Å². The van der Waals surface area contributed by atoms with Gasteiger partial charge in [0.05, 0.1) is 10.6 Å². The van der Waals surface area contributed by atoms with Gasteiger partial charge in [-0.25, -0.2) is 15.0 Å². The summed E-state index contributed by atoms with van der Waals surface area (Å²) in [6.45, 7) is 0. The Morgan fingerprint density at radius 1 is 0.966 bits per heavy atom. The van der Waals surface area contributed by atoms with E-state index >= 15 is 0 Å². The molecule has 2 N–H and O–H groups in total. The second-order valence-corrected chi connectivity index (χ2v) is 6.86. The van der Waals surface area contributed by atoms with Gasteiger partial charge in [-0.1, -0.05) is 23.2 Å². The first kappa shape index (κ1) is 18.9. The summed E-state index contributed by atoms with van der Waals surface area (Å²) < 4.78 is 1.79. The second-order valence-electron chi connectivity index (χ2n) is 6.01. The second kappa shape index (κ2) is 8.30. The van der Waals surface area contributed by atoms with Gasteiger partial charge in [0.1, 0.15) is 24.3 Å². The van der Waals surface area contributed by atoms with E-state index in [4.69, 9.17) is 23.2 Å². The van der Waals surface area contributed by atoms with Crippen LogP contribution >= 0.6 is 23.2 Å². The molecule has 0 aliphatic rings. The Balaban J connectivity index is 1.44. The van der Waals surface area contributed by atoms with Gasteiger partial charge in [-0.05, 0) is 42.5 Å². The van der Waals surface area contributed by atoms with E-state index < -0.39 is 0 Å². The number of imidazole rings is 1. The maximum Gasteiger partial charge on any atom is 0.257 e. The average Bonchev–Trinajstić information content (AvgIpc) is 3.24. The summed E-state index contributed by atoms with van der Waals surface area (Å²) in [5.41, 5.74) is 1.79. The first-order valence-electron chi connectivity index (χ1n) is 8.52. The van der Waals surface area contributed by atoms with Crippen LogP contribution in [0.4, 0.5) is 17.2 Å². The van der Waals surface area contributed by atoms with Crippen LogP contribution in [0, 0.1) is 0 Å². The minimum absolute atomic E-state index is 0.297. The molecular formula is C20H14Cl2N6O. The molecule has 2 aromatic carbocycles. The number of aromatic nitrogens is 4. The van der Waals surface area contributed by atoms with E-state index in [-0.39, 0.29) is 5.91 Å². The molecule has 7 nitrogen and oxygen atoms in total. The number of hydrogen-bond donors (Lipinski definition) is 2. The van der Waals surface area contributed by atoms with Crippen LogP contribution in [0.2, 0.25) is 10.0 Å². The molecule has 0 bridgehead atoms. The molecule has 4 aromatic rings. The Morgan fingerprint density at radius 2 is 1.76 bits per heavy atom. The number of nitrogens with zero attached hydrogens (tertiary/aromatic N) is 4. The van der Waals surface area contributed by atoms with E-state index in [1.807, 2.05) is 12.1 Å². The van der Waals surface area contributed by atoms with E-state index in [1.165, 1.54) is 12.4 Å². The van der Waals surface area contributed by atoms with Gasteiger partial charge in [0.25, 0.3) is 5.91 Å². The summed E-state index contributed by atoms with van der Waals surface area (Å²) in [7, 11) is 0. The number of benzene rings is 2. The SMILES string of the molecule is O=C(Nc1ccc(Nc2cc(-n3ccnc3)ncn2)cc1)c1ccc(Cl)cc1Cl. The third kappa shape index (κ3) is 4.53. The fourth-order valence-electron chi connectivity index (χ4n) is 2.61. The highest BCUT2D eigenvalue weighted by Gasteiger charge is 2.11. The van der Waals surface area contributed by atoms with Gasteiger partial charge in [0.2, 0.25) is 0 Å². The first-order chi connectivity index (χ1) is 14.1. The zero-order valence-electron chi connectivity index (χ0n) is 14.9. The number of nitrogens with one attached hydrogen (secondary N) is 2. The van der Waals surface area contributed by atoms with Crippen LogP contribution in [-0.4, -0.2) is 25.4 Å². The van der Waals surface area contributed by atoms with Gasteiger partial charge < -0.3 is 10.6 Å².